The standard InChI is InChI=1S/C30H34ClN3O6S/c1-3-32-30(36)26(18-22-10-6-5-7-11-22)33(20-23-12-8-9-13-25(23)31)29(35)21-34(41(37,38)4-2)24-14-15-27-28(19-24)40-17-16-39-27/h5-15,19,26H,3-4,16-18,20-21H2,1-2H3,(H,32,36). The van der Waals surface area contributed by atoms with Crippen LogP contribution in [0.1, 0.15) is 25.0 Å². The first-order valence-corrected chi connectivity index (χ1v) is 15.5. The molecule has 0 aromatic heterocycles. The Balaban J connectivity index is 1.74. The summed E-state index contributed by atoms with van der Waals surface area (Å²) in [5.74, 6) is -0.234. The number of hydrogen-bond acceptors (Lipinski definition) is 6. The van der Waals surface area contributed by atoms with Gasteiger partial charge in [-0.15, -0.1) is 0 Å². The molecule has 1 aliphatic rings. The smallest absolute Gasteiger partial charge is 0.244 e. The number of carbonyl (C=O) groups is 2. The molecule has 0 fully saturated rings. The van der Waals surface area contributed by atoms with E-state index in [2.05, 4.69) is 5.32 Å². The summed E-state index contributed by atoms with van der Waals surface area (Å²) in [5, 5.41) is 3.27. The third-order valence-electron chi connectivity index (χ3n) is 6.71. The van der Waals surface area contributed by atoms with E-state index in [0.29, 0.717) is 41.8 Å². The molecule has 4 rings (SSSR count). The van der Waals surface area contributed by atoms with Crippen molar-refractivity contribution in [3.05, 3.63) is 88.9 Å². The normalized spacial score (nSPS) is 13.2. The van der Waals surface area contributed by atoms with Crippen molar-refractivity contribution in [1.29, 1.82) is 0 Å². The van der Waals surface area contributed by atoms with E-state index in [1.165, 1.54) is 11.8 Å². The van der Waals surface area contributed by atoms with Crippen molar-refractivity contribution >= 4 is 39.1 Å². The quantitative estimate of drug-likeness (QED) is 0.337. The molecule has 1 aliphatic heterocycles. The molecule has 3 aromatic carbocycles. The Morgan fingerprint density at radius 1 is 0.951 bits per heavy atom. The van der Waals surface area contributed by atoms with E-state index in [1.54, 1.807) is 49.4 Å². The number of carbonyl (C=O) groups excluding carboxylic acids is 2. The SMILES string of the molecule is CCNC(=O)C(Cc1ccccc1)N(Cc1ccccc1Cl)C(=O)CN(c1ccc2c(c1)OCCO2)S(=O)(=O)CC. The lowest BCUT2D eigenvalue weighted by molar-refractivity contribution is -0.140. The van der Waals surface area contributed by atoms with Gasteiger partial charge in [-0.3, -0.25) is 13.9 Å². The minimum atomic E-state index is -3.90. The molecule has 218 valence electrons. The van der Waals surface area contributed by atoms with Gasteiger partial charge in [-0.05, 0) is 43.2 Å². The fourth-order valence-electron chi connectivity index (χ4n) is 4.56. The van der Waals surface area contributed by atoms with E-state index < -0.39 is 28.5 Å². The van der Waals surface area contributed by atoms with Crippen molar-refractivity contribution in [2.45, 2.75) is 32.9 Å². The number of amides is 2. The largest absolute Gasteiger partial charge is 0.486 e. The van der Waals surface area contributed by atoms with Gasteiger partial charge in [0.1, 0.15) is 25.8 Å². The summed E-state index contributed by atoms with van der Waals surface area (Å²) >= 11 is 6.47. The van der Waals surface area contributed by atoms with Crippen LogP contribution in [0.3, 0.4) is 0 Å². The molecule has 0 radical (unpaired) electrons. The zero-order valence-electron chi connectivity index (χ0n) is 23.1. The van der Waals surface area contributed by atoms with Gasteiger partial charge >= 0.3 is 0 Å². The lowest BCUT2D eigenvalue weighted by Gasteiger charge is -2.34. The molecule has 1 unspecified atom stereocenters. The van der Waals surface area contributed by atoms with Crippen molar-refractivity contribution < 1.29 is 27.5 Å². The second kappa shape index (κ2) is 13.7. The summed E-state index contributed by atoms with van der Waals surface area (Å²) in [4.78, 5) is 29.0. The maximum atomic E-state index is 14.2. The summed E-state index contributed by atoms with van der Waals surface area (Å²) in [5.41, 5.74) is 1.75. The van der Waals surface area contributed by atoms with Crippen LogP contribution in [0.25, 0.3) is 0 Å². The summed E-state index contributed by atoms with van der Waals surface area (Å²) < 4.78 is 38.9. The zero-order valence-corrected chi connectivity index (χ0v) is 24.7. The molecule has 1 N–H and O–H groups in total. The van der Waals surface area contributed by atoms with Crippen LogP contribution in [0.4, 0.5) is 5.69 Å². The van der Waals surface area contributed by atoms with Crippen LogP contribution in [-0.2, 0) is 32.6 Å². The van der Waals surface area contributed by atoms with Gasteiger partial charge < -0.3 is 19.7 Å². The third-order valence-corrected chi connectivity index (χ3v) is 8.82. The van der Waals surface area contributed by atoms with Crippen LogP contribution in [-0.4, -0.2) is 63.2 Å². The zero-order chi connectivity index (χ0) is 29.4. The number of anilines is 1. The number of fused-ring (bicyclic) bond motifs is 1. The van der Waals surface area contributed by atoms with Gasteiger partial charge in [0.05, 0.1) is 11.4 Å². The van der Waals surface area contributed by atoms with Gasteiger partial charge in [0.25, 0.3) is 0 Å². The fourth-order valence-corrected chi connectivity index (χ4v) is 5.81. The predicted molar refractivity (Wildman–Crippen MR) is 159 cm³/mol. The Morgan fingerprint density at radius 2 is 1.63 bits per heavy atom. The van der Waals surface area contributed by atoms with Crippen LogP contribution >= 0.6 is 11.6 Å². The minimum absolute atomic E-state index is 0.00823. The maximum absolute atomic E-state index is 14.2. The van der Waals surface area contributed by atoms with Crippen LogP contribution in [0, 0.1) is 0 Å². The van der Waals surface area contributed by atoms with Crippen LogP contribution in [0.5, 0.6) is 11.5 Å². The van der Waals surface area contributed by atoms with Gasteiger partial charge in [0.15, 0.2) is 11.5 Å². The highest BCUT2D eigenvalue weighted by atomic mass is 35.5. The van der Waals surface area contributed by atoms with E-state index in [9.17, 15) is 18.0 Å². The highest BCUT2D eigenvalue weighted by Gasteiger charge is 2.34. The third kappa shape index (κ3) is 7.51. The molecule has 0 aliphatic carbocycles. The number of benzene rings is 3. The van der Waals surface area contributed by atoms with Crippen molar-refractivity contribution in [3.63, 3.8) is 0 Å². The van der Waals surface area contributed by atoms with Crippen LogP contribution < -0.4 is 19.1 Å². The first kappa shape index (κ1) is 30.2. The maximum Gasteiger partial charge on any atom is 0.244 e. The molecular weight excluding hydrogens is 566 g/mol. The predicted octanol–water partition coefficient (Wildman–Crippen LogP) is 4.04. The number of nitrogens with one attached hydrogen (secondary N) is 1. The minimum Gasteiger partial charge on any atom is -0.486 e. The number of ether oxygens (including phenoxy) is 2. The van der Waals surface area contributed by atoms with Gasteiger partial charge in [-0.25, -0.2) is 8.42 Å². The Labute approximate surface area is 246 Å². The van der Waals surface area contributed by atoms with Crippen molar-refractivity contribution in [3.8, 4) is 11.5 Å². The Morgan fingerprint density at radius 3 is 2.32 bits per heavy atom. The van der Waals surface area contributed by atoms with Gasteiger partial charge in [0.2, 0.25) is 21.8 Å². The molecule has 2 amide bonds. The molecule has 11 heteroatoms. The van der Waals surface area contributed by atoms with Gasteiger partial charge in [0, 0.05) is 30.6 Å². The molecule has 3 aromatic rings. The Hall–Kier alpha value is -3.76. The number of sulfonamides is 1. The number of halogens is 1. The van der Waals surface area contributed by atoms with Crippen molar-refractivity contribution in [1.82, 2.24) is 10.2 Å². The van der Waals surface area contributed by atoms with Gasteiger partial charge in [-0.1, -0.05) is 60.1 Å². The second-order valence-corrected chi connectivity index (χ2v) is 12.0. The molecule has 1 atom stereocenters. The highest BCUT2D eigenvalue weighted by Crippen LogP contribution is 2.35. The van der Waals surface area contributed by atoms with E-state index in [0.717, 1.165) is 9.87 Å². The summed E-state index contributed by atoms with van der Waals surface area (Å²) in [7, 11) is -3.90. The lowest BCUT2D eigenvalue weighted by atomic mass is 10.0. The van der Waals surface area contributed by atoms with Gasteiger partial charge in [-0.2, -0.15) is 0 Å². The molecule has 9 nitrogen and oxygen atoms in total. The lowest BCUT2D eigenvalue weighted by Crippen LogP contribution is -2.53. The number of hydrogen-bond donors (Lipinski definition) is 1. The van der Waals surface area contributed by atoms with E-state index in [4.69, 9.17) is 21.1 Å². The number of rotatable bonds is 12. The molecule has 0 spiro atoms. The van der Waals surface area contributed by atoms with Crippen LogP contribution in [0.2, 0.25) is 5.02 Å². The summed E-state index contributed by atoms with van der Waals surface area (Å²) in [6.45, 7) is 3.89. The summed E-state index contributed by atoms with van der Waals surface area (Å²) in [6.07, 6.45) is 0.230. The van der Waals surface area contributed by atoms with Crippen LogP contribution in [0.15, 0.2) is 72.8 Å². The monoisotopic (exact) mass is 599 g/mol. The first-order chi connectivity index (χ1) is 19.7. The second-order valence-electron chi connectivity index (χ2n) is 9.45. The fraction of sp³-hybridized carbons (Fsp3) is 0.333. The Kier molecular flexibility index (Phi) is 10.1. The average molecular weight is 600 g/mol. The molecule has 1 heterocycles. The average Bonchev–Trinajstić information content (AvgIpc) is 2.98. The van der Waals surface area contributed by atoms with E-state index >= 15 is 0 Å². The topological polar surface area (TPSA) is 105 Å². The molecule has 41 heavy (non-hydrogen) atoms. The highest BCUT2D eigenvalue weighted by molar-refractivity contribution is 7.92. The van der Waals surface area contributed by atoms with Crippen molar-refractivity contribution in [2.24, 2.45) is 0 Å². The molecular formula is C30H34ClN3O6S. The number of likely N-dealkylation sites (N-methyl/N-ethyl adjacent to an activating group) is 1. The Bertz CT molecular complexity index is 1470. The molecule has 0 bridgehead atoms. The summed E-state index contributed by atoms with van der Waals surface area (Å²) in [6, 6.07) is 20.3. The molecule has 0 saturated carbocycles. The number of nitrogens with zero attached hydrogens (tertiary/aromatic N) is 2. The van der Waals surface area contributed by atoms with E-state index in [1.807, 2.05) is 30.3 Å². The van der Waals surface area contributed by atoms with Crippen molar-refractivity contribution in [2.75, 3.05) is 36.4 Å². The van der Waals surface area contributed by atoms with E-state index in [-0.39, 0.29) is 30.3 Å². The molecule has 0 saturated heterocycles. The first-order valence-electron chi connectivity index (χ1n) is 13.5.